The van der Waals surface area contributed by atoms with Crippen molar-refractivity contribution in [2.75, 3.05) is 0 Å². The number of alkyl halides is 3. The monoisotopic (exact) mass is 328 g/mol. The minimum atomic E-state index is -4.38. The minimum Gasteiger partial charge on any atom is -0.319 e. The van der Waals surface area contributed by atoms with Crippen LogP contribution in [0.3, 0.4) is 0 Å². The molecule has 0 bridgehead atoms. The van der Waals surface area contributed by atoms with Crippen LogP contribution in [0.4, 0.5) is 13.2 Å². The molecule has 0 saturated heterocycles. The number of hydrogen-bond acceptors (Lipinski definition) is 1. The summed E-state index contributed by atoms with van der Waals surface area (Å²) in [4.78, 5) is 0. The highest BCUT2D eigenvalue weighted by Crippen LogP contribution is 2.38. The van der Waals surface area contributed by atoms with E-state index < -0.39 is 17.8 Å². The van der Waals surface area contributed by atoms with Crippen molar-refractivity contribution >= 4 is 0 Å². The Bertz CT molecular complexity index is 880. The zero-order valence-electron chi connectivity index (χ0n) is 12.7. The van der Waals surface area contributed by atoms with Crippen LogP contribution in [0.25, 0.3) is 5.69 Å². The van der Waals surface area contributed by atoms with Gasteiger partial charge in [0.1, 0.15) is 0 Å². The molecule has 0 unspecified atom stereocenters. The van der Waals surface area contributed by atoms with Gasteiger partial charge in [-0.3, -0.25) is 0 Å². The van der Waals surface area contributed by atoms with Crippen LogP contribution >= 0.6 is 0 Å². The van der Waals surface area contributed by atoms with E-state index in [1.54, 1.807) is 12.1 Å². The molecule has 0 amide bonds. The first-order chi connectivity index (χ1) is 11.6. The number of halogens is 3. The van der Waals surface area contributed by atoms with Crippen molar-refractivity contribution in [2.45, 2.75) is 18.8 Å². The van der Waals surface area contributed by atoms with Gasteiger partial charge in [0.15, 0.2) is 0 Å². The summed E-state index contributed by atoms with van der Waals surface area (Å²) < 4.78 is 42.3. The Morgan fingerprint density at radius 3 is 2.50 bits per heavy atom. The highest BCUT2D eigenvalue weighted by molar-refractivity contribution is 5.48. The van der Waals surface area contributed by atoms with Crippen molar-refractivity contribution in [3.05, 3.63) is 89.2 Å². The Morgan fingerprint density at radius 2 is 1.67 bits per heavy atom. The van der Waals surface area contributed by atoms with Gasteiger partial charge in [0, 0.05) is 24.1 Å². The molecule has 122 valence electrons. The summed E-state index contributed by atoms with van der Waals surface area (Å²) in [5, 5.41) is 3.29. The molecular formula is C19H15F3N2. The zero-order valence-corrected chi connectivity index (χ0v) is 12.7. The van der Waals surface area contributed by atoms with E-state index in [2.05, 4.69) is 5.32 Å². The van der Waals surface area contributed by atoms with Gasteiger partial charge in [0.05, 0.1) is 11.6 Å². The SMILES string of the molecule is FC(F)(F)c1ccccc1[C@@H]1NCc2ccccc2-n2cccc21. The summed E-state index contributed by atoms with van der Waals surface area (Å²) in [6.07, 6.45) is -2.49. The minimum absolute atomic E-state index is 0.248. The standard InChI is InChI=1S/C19H15F3N2/c20-19(21,22)15-8-3-2-7-14(15)18-17-10-5-11-24(17)16-9-4-1-6-13(16)12-23-18/h1-11,18,23H,12H2/t18-/m0/s1. The predicted molar refractivity (Wildman–Crippen MR) is 85.9 cm³/mol. The van der Waals surface area contributed by atoms with E-state index in [9.17, 15) is 13.2 Å². The third kappa shape index (κ3) is 2.41. The van der Waals surface area contributed by atoms with Crippen LogP contribution in [-0.2, 0) is 12.7 Å². The molecule has 24 heavy (non-hydrogen) atoms. The van der Waals surface area contributed by atoms with E-state index in [0.717, 1.165) is 23.0 Å². The van der Waals surface area contributed by atoms with Crippen LogP contribution in [0, 0.1) is 0 Å². The molecule has 0 radical (unpaired) electrons. The van der Waals surface area contributed by atoms with Gasteiger partial charge >= 0.3 is 6.18 Å². The van der Waals surface area contributed by atoms with Crippen LogP contribution in [0.2, 0.25) is 0 Å². The average Bonchev–Trinajstić information content (AvgIpc) is 2.99. The van der Waals surface area contributed by atoms with E-state index in [4.69, 9.17) is 0 Å². The second kappa shape index (κ2) is 5.53. The predicted octanol–water partition coefficient (Wildman–Crippen LogP) is 4.69. The molecule has 2 heterocycles. The molecule has 0 fully saturated rings. The summed E-state index contributed by atoms with van der Waals surface area (Å²) in [6.45, 7) is 0.509. The Hall–Kier alpha value is -2.53. The van der Waals surface area contributed by atoms with Gasteiger partial charge in [0.2, 0.25) is 0 Å². The number of nitrogens with one attached hydrogen (secondary N) is 1. The van der Waals surface area contributed by atoms with Crippen molar-refractivity contribution in [2.24, 2.45) is 0 Å². The lowest BCUT2D eigenvalue weighted by molar-refractivity contribution is -0.138. The molecule has 5 heteroatoms. The van der Waals surface area contributed by atoms with Crippen LogP contribution in [0.5, 0.6) is 0 Å². The molecule has 0 spiro atoms. The maximum atomic E-state index is 13.4. The normalized spacial score (nSPS) is 17.0. The molecule has 0 aliphatic carbocycles. The first kappa shape index (κ1) is 15.0. The number of hydrogen-bond donors (Lipinski definition) is 1. The van der Waals surface area contributed by atoms with Gasteiger partial charge in [-0.15, -0.1) is 0 Å². The molecular weight excluding hydrogens is 313 g/mol. The number of para-hydroxylation sites is 1. The summed E-state index contributed by atoms with van der Waals surface area (Å²) in [5.74, 6) is 0. The van der Waals surface area contributed by atoms with E-state index in [1.807, 2.05) is 47.2 Å². The molecule has 0 saturated carbocycles. The van der Waals surface area contributed by atoms with Crippen LogP contribution in [0.1, 0.15) is 28.4 Å². The maximum Gasteiger partial charge on any atom is 0.416 e. The lowest BCUT2D eigenvalue weighted by Crippen LogP contribution is -2.24. The van der Waals surface area contributed by atoms with E-state index in [-0.39, 0.29) is 5.56 Å². The highest BCUT2D eigenvalue weighted by atomic mass is 19.4. The molecule has 1 aromatic heterocycles. The van der Waals surface area contributed by atoms with E-state index in [0.29, 0.717) is 6.54 Å². The quantitative estimate of drug-likeness (QED) is 0.686. The number of aromatic nitrogens is 1. The lowest BCUT2D eigenvalue weighted by Gasteiger charge is -2.22. The Morgan fingerprint density at radius 1 is 0.917 bits per heavy atom. The van der Waals surface area contributed by atoms with Crippen molar-refractivity contribution in [3.63, 3.8) is 0 Å². The molecule has 1 aliphatic rings. The third-order valence-corrected chi connectivity index (χ3v) is 4.40. The van der Waals surface area contributed by atoms with Crippen molar-refractivity contribution < 1.29 is 13.2 Å². The van der Waals surface area contributed by atoms with Gasteiger partial charge in [-0.2, -0.15) is 13.2 Å². The van der Waals surface area contributed by atoms with Gasteiger partial charge < -0.3 is 9.88 Å². The van der Waals surface area contributed by atoms with E-state index in [1.165, 1.54) is 6.07 Å². The Balaban J connectivity index is 1.89. The number of benzene rings is 2. The van der Waals surface area contributed by atoms with E-state index >= 15 is 0 Å². The first-order valence-electron chi connectivity index (χ1n) is 7.71. The average molecular weight is 328 g/mol. The molecule has 3 aromatic rings. The van der Waals surface area contributed by atoms with Crippen molar-refractivity contribution in [3.8, 4) is 5.69 Å². The molecule has 1 atom stereocenters. The van der Waals surface area contributed by atoms with Crippen LogP contribution < -0.4 is 5.32 Å². The summed E-state index contributed by atoms with van der Waals surface area (Å²) in [7, 11) is 0. The largest absolute Gasteiger partial charge is 0.416 e. The smallest absolute Gasteiger partial charge is 0.319 e. The summed E-state index contributed by atoms with van der Waals surface area (Å²) >= 11 is 0. The van der Waals surface area contributed by atoms with Gasteiger partial charge in [-0.05, 0) is 35.4 Å². The fourth-order valence-corrected chi connectivity index (χ4v) is 3.34. The highest BCUT2D eigenvalue weighted by Gasteiger charge is 2.36. The first-order valence-corrected chi connectivity index (χ1v) is 7.71. The second-order valence-corrected chi connectivity index (χ2v) is 5.83. The molecule has 4 rings (SSSR count). The van der Waals surface area contributed by atoms with Gasteiger partial charge in [0.25, 0.3) is 0 Å². The fraction of sp³-hybridized carbons (Fsp3) is 0.158. The molecule has 1 N–H and O–H groups in total. The van der Waals surface area contributed by atoms with Crippen LogP contribution in [-0.4, -0.2) is 4.57 Å². The third-order valence-electron chi connectivity index (χ3n) is 4.40. The van der Waals surface area contributed by atoms with Crippen LogP contribution in [0.15, 0.2) is 66.9 Å². The number of nitrogens with zero attached hydrogens (tertiary/aromatic N) is 1. The number of fused-ring (bicyclic) bond motifs is 3. The molecule has 2 aromatic carbocycles. The topological polar surface area (TPSA) is 17.0 Å². The summed E-state index contributed by atoms with van der Waals surface area (Å²) in [6, 6.07) is 16.8. The van der Waals surface area contributed by atoms with Crippen molar-refractivity contribution in [1.82, 2.24) is 9.88 Å². The van der Waals surface area contributed by atoms with Crippen molar-refractivity contribution in [1.29, 1.82) is 0 Å². The lowest BCUT2D eigenvalue weighted by atomic mass is 9.97. The number of rotatable bonds is 1. The Labute approximate surface area is 137 Å². The maximum absolute atomic E-state index is 13.4. The fourth-order valence-electron chi connectivity index (χ4n) is 3.34. The molecule has 2 nitrogen and oxygen atoms in total. The summed E-state index contributed by atoms with van der Waals surface area (Å²) in [5.41, 5.74) is 2.51. The van der Waals surface area contributed by atoms with Gasteiger partial charge in [-0.25, -0.2) is 0 Å². The second-order valence-electron chi connectivity index (χ2n) is 5.83. The molecule has 1 aliphatic heterocycles. The Kier molecular flexibility index (Phi) is 3.46. The zero-order chi connectivity index (χ0) is 16.7. The van der Waals surface area contributed by atoms with Gasteiger partial charge in [-0.1, -0.05) is 36.4 Å².